The van der Waals surface area contributed by atoms with Crippen LogP contribution in [0.4, 0.5) is 5.69 Å². The predicted molar refractivity (Wildman–Crippen MR) is 108 cm³/mol. The molecule has 0 saturated carbocycles. The number of rotatable bonds is 8. The Balaban J connectivity index is 1.71. The predicted octanol–water partition coefficient (Wildman–Crippen LogP) is 1.78. The van der Waals surface area contributed by atoms with E-state index < -0.39 is 20.9 Å². The minimum absolute atomic E-state index is 0.0585. The number of carbonyl (C=O) groups is 1. The van der Waals surface area contributed by atoms with E-state index in [1.165, 1.54) is 16.4 Å². The lowest BCUT2D eigenvalue weighted by atomic mass is 10.1. The summed E-state index contributed by atoms with van der Waals surface area (Å²) in [5.41, 5.74) is -0.335. The zero-order chi connectivity index (χ0) is 21.6. The number of nitro benzene ring substituents is 1. The Labute approximate surface area is 173 Å². The van der Waals surface area contributed by atoms with E-state index in [0.29, 0.717) is 19.0 Å². The molecule has 160 valence electrons. The van der Waals surface area contributed by atoms with Gasteiger partial charge in [-0.1, -0.05) is 18.2 Å². The molecule has 0 bridgehead atoms. The summed E-state index contributed by atoms with van der Waals surface area (Å²) < 4.78 is 36.9. The number of morpholine rings is 1. The number of non-ortho nitro benzene ring substituents is 1. The Morgan fingerprint density at radius 2 is 1.87 bits per heavy atom. The van der Waals surface area contributed by atoms with Crippen molar-refractivity contribution in [2.24, 2.45) is 0 Å². The molecule has 0 radical (unpaired) electrons. The second-order valence-corrected chi connectivity index (χ2v) is 8.52. The molecule has 2 aromatic carbocycles. The molecule has 10 nitrogen and oxygen atoms in total. The Kier molecular flexibility index (Phi) is 6.98. The lowest BCUT2D eigenvalue weighted by molar-refractivity contribution is -0.384. The minimum Gasteiger partial charge on any atom is -0.457 e. The first kappa shape index (κ1) is 21.7. The summed E-state index contributed by atoms with van der Waals surface area (Å²) in [6.07, 6.45) is 0. The summed E-state index contributed by atoms with van der Waals surface area (Å²) in [5.74, 6) is -0.375. The topological polar surface area (TPSA) is 128 Å². The van der Waals surface area contributed by atoms with Gasteiger partial charge in [0, 0.05) is 31.8 Å². The molecular formula is C19H21N3O7S. The summed E-state index contributed by atoms with van der Waals surface area (Å²) in [7, 11) is -3.54. The highest BCUT2D eigenvalue weighted by Crippen LogP contribution is 2.28. The van der Waals surface area contributed by atoms with Crippen LogP contribution in [0.15, 0.2) is 48.5 Å². The Bertz CT molecular complexity index is 1010. The van der Waals surface area contributed by atoms with Crippen LogP contribution in [0, 0.1) is 10.1 Å². The molecule has 1 amide bonds. The minimum atomic E-state index is -3.54. The lowest BCUT2D eigenvalue weighted by Crippen LogP contribution is -2.43. The van der Waals surface area contributed by atoms with E-state index in [-0.39, 0.29) is 42.4 Å². The van der Waals surface area contributed by atoms with Gasteiger partial charge in [0.15, 0.2) is 0 Å². The van der Waals surface area contributed by atoms with Crippen molar-refractivity contribution in [1.29, 1.82) is 0 Å². The normalized spacial score (nSPS) is 14.8. The molecule has 1 N–H and O–H groups in total. The quantitative estimate of drug-likeness (QED) is 0.494. The first-order valence-corrected chi connectivity index (χ1v) is 10.8. The fraction of sp³-hybridized carbons (Fsp3) is 0.316. The van der Waals surface area contributed by atoms with Crippen LogP contribution < -0.4 is 10.1 Å². The SMILES string of the molecule is O=C(NCCS(=O)(=O)N1CCOCC1)c1cc([N+](=O)[O-])ccc1Oc1ccccc1. The van der Waals surface area contributed by atoms with Gasteiger partial charge in [-0.2, -0.15) is 4.31 Å². The fourth-order valence-electron chi connectivity index (χ4n) is 2.86. The standard InChI is InChI=1S/C19H21N3O7S/c23-19(20-8-13-30(26,27)21-9-11-28-12-10-21)17-14-15(22(24)25)6-7-18(17)29-16-4-2-1-3-5-16/h1-7,14H,8-13H2,(H,20,23). The Morgan fingerprint density at radius 1 is 1.17 bits per heavy atom. The number of hydrogen-bond acceptors (Lipinski definition) is 7. The van der Waals surface area contributed by atoms with Crippen LogP contribution in [0.1, 0.15) is 10.4 Å². The monoisotopic (exact) mass is 435 g/mol. The maximum absolute atomic E-state index is 12.7. The van der Waals surface area contributed by atoms with Crippen LogP contribution in [-0.4, -0.2) is 62.2 Å². The van der Waals surface area contributed by atoms with Crippen LogP contribution in [0.25, 0.3) is 0 Å². The van der Waals surface area contributed by atoms with Gasteiger partial charge in [-0.3, -0.25) is 14.9 Å². The number of nitro groups is 1. The number of benzene rings is 2. The largest absolute Gasteiger partial charge is 0.457 e. The highest BCUT2D eigenvalue weighted by Gasteiger charge is 2.25. The number of amides is 1. The molecule has 1 heterocycles. The van der Waals surface area contributed by atoms with E-state index >= 15 is 0 Å². The van der Waals surface area contributed by atoms with Crippen LogP contribution in [-0.2, 0) is 14.8 Å². The molecule has 11 heteroatoms. The highest BCUT2D eigenvalue weighted by atomic mass is 32.2. The van der Waals surface area contributed by atoms with Crippen molar-refractivity contribution in [3.05, 3.63) is 64.2 Å². The third-order valence-electron chi connectivity index (χ3n) is 4.40. The average molecular weight is 435 g/mol. The number of nitrogens with one attached hydrogen (secondary N) is 1. The van der Waals surface area contributed by atoms with Gasteiger partial charge in [-0.15, -0.1) is 0 Å². The molecule has 0 unspecified atom stereocenters. The van der Waals surface area contributed by atoms with Crippen molar-refractivity contribution in [1.82, 2.24) is 9.62 Å². The summed E-state index contributed by atoms with van der Waals surface area (Å²) in [5, 5.41) is 13.6. The summed E-state index contributed by atoms with van der Waals surface area (Å²) in [6.45, 7) is 1.07. The molecule has 30 heavy (non-hydrogen) atoms. The van der Waals surface area contributed by atoms with Crippen molar-refractivity contribution in [2.45, 2.75) is 0 Å². The van der Waals surface area contributed by atoms with E-state index in [2.05, 4.69) is 5.32 Å². The second-order valence-electron chi connectivity index (χ2n) is 6.44. The van der Waals surface area contributed by atoms with Gasteiger partial charge in [-0.25, -0.2) is 8.42 Å². The second kappa shape index (κ2) is 9.65. The van der Waals surface area contributed by atoms with Gasteiger partial charge in [0.25, 0.3) is 11.6 Å². The van der Waals surface area contributed by atoms with E-state index in [9.17, 15) is 23.3 Å². The first-order chi connectivity index (χ1) is 14.4. The zero-order valence-corrected chi connectivity index (χ0v) is 16.8. The van der Waals surface area contributed by atoms with Crippen molar-refractivity contribution < 1.29 is 27.6 Å². The van der Waals surface area contributed by atoms with Gasteiger partial charge in [0.1, 0.15) is 11.5 Å². The molecule has 0 aliphatic carbocycles. The van der Waals surface area contributed by atoms with Crippen LogP contribution in [0.3, 0.4) is 0 Å². The molecule has 3 rings (SSSR count). The third kappa shape index (κ3) is 5.53. The van der Waals surface area contributed by atoms with E-state index in [0.717, 1.165) is 6.07 Å². The number of carbonyl (C=O) groups excluding carboxylic acids is 1. The molecule has 1 aliphatic rings. The van der Waals surface area contributed by atoms with Gasteiger partial charge < -0.3 is 14.8 Å². The van der Waals surface area contributed by atoms with Crippen LogP contribution >= 0.6 is 0 Å². The van der Waals surface area contributed by atoms with E-state index in [4.69, 9.17) is 9.47 Å². The maximum Gasteiger partial charge on any atom is 0.270 e. The van der Waals surface area contributed by atoms with Crippen LogP contribution in [0.5, 0.6) is 11.5 Å². The molecule has 0 aromatic heterocycles. The van der Waals surface area contributed by atoms with E-state index in [1.807, 2.05) is 0 Å². The highest BCUT2D eigenvalue weighted by molar-refractivity contribution is 7.89. The first-order valence-electron chi connectivity index (χ1n) is 9.22. The van der Waals surface area contributed by atoms with Crippen LogP contribution in [0.2, 0.25) is 0 Å². The number of nitrogens with zero attached hydrogens (tertiary/aromatic N) is 2. The molecular weight excluding hydrogens is 414 g/mol. The number of sulfonamides is 1. The fourth-order valence-corrected chi connectivity index (χ4v) is 4.18. The number of hydrogen-bond donors (Lipinski definition) is 1. The molecule has 0 atom stereocenters. The van der Waals surface area contributed by atoms with Crippen molar-refractivity contribution in [2.75, 3.05) is 38.6 Å². The third-order valence-corrected chi connectivity index (χ3v) is 6.27. The Morgan fingerprint density at radius 3 is 2.53 bits per heavy atom. The van der Waals surface area contributed by atoms with Crippen molar-refractivity contribution in [3.8, 4) is 11.5 Å². The molecule has 1 fully saturated rings. The molecule has 1 aliphatic heterocycles. The molecule has 2 aromatic rings. The summed E-state index contributed by atoms with van der Waals surface area (Å²) >= 11 is 0. The zero-order valence-electron chi connectivity index (χ0n) is 16.0. The van der Waals surface area contributed by atoms with Crippen molar-refractivity contribution >= 4 is 21.6 Å². The Hall–Kier alpha value is -3.02. The number of ether oxygens (including phenoxy) is 2. The van der Waals surface area contributed by atoms with E-state index in [1.54, 1.807) is 30.3 Å². The maximum atomic E-state index is 12.7. The van der Waals surface area contributed by atoms with Gasteiger partial charge in [0.05, 0.1) is 29.5 Å². The van der Waals surface area contributed by atoms with Gasteiger partial charge in [0.2, 0.25) is 10.0 Å². The summed E-state index contributed by atoms with van der Waals surface area (Å²) in [4.78, 5) is 23.1. The smallest absolute Gasteiger partial charge is 0.270 e. The van der Waals surface area contributed by atoms with Gasteiger partial charge >= 0.3 is 0 Å². The average Bonchev–Trinajstić information content (AvgIpc) is 2.75. The van der Waals surface area contributed by atoms with Gasteiger partial charge in [-0.05, 0) is 18.2 Å². The van der Waals surface area contributed by atoms with Crippen molar-refractivity contribution in [3.63, 3.8) is 0 Å². The lowest BCUT2D eigenvalue weighted by Gasteiger charge is -2.26. The number of para-hydroxylation sites is 1. The molecule has 1 saturated heterocycles. The summed E-state index contributed by atoms with van der Waals surface area (Å²) in [6, 6.07) is 12.3. The molecule has 0 spiro atoms.